The molecule has 36 heavy (non-hydrogen) atoms. The predicted octanol–water partition coefficient (Wildman–Crippen LogP) is 2.05. The summed E-state index contributed by atoms with van der Waals surface area (Å²) in [5.41, 5.74) is 2.54. The molecule has 0 spiro atoms. The third kappa shape index (κ3) is 3.92. The van der Waals surface area contributed by atoms with Crippen molar-refractivity contribution in [2.75, 3.05) is 42.5 Å². The van der Waals surface area contributed by atoms with Gasteiger partial charge < -0.3 is 14.7 Å². The largest absolute Gasteiger partial charge is 0.351 e. The van der Waals surface area contributed by atoms with E-state index in [0.717, 1.165) is 5.69 Å². The molecule has 2 aromatic carbocycles. The molecule has 0 aliphatic carbocycles. The van der Waals surface area contributed by atoms with Crippen molar-refractivity contribution in [1.29, 1.82) is 0 Å². The van der Waals surface area contributed by atoms with E-state index in [1.165, 1.54) is 18.5 Å². The molecule has 2 saturated heterocycles. The number of hydrogen-bond acceptors (Lipinski definition) is 7. The summed E-state index contributed by atoms with van der Waals surface area (Å²) in [4.78, 5) is 40.1. The quantitative estimate of drug-likeness (QED) is 0.435. The van der Waals surface area contributed by atoms with Gasteiger partial charge in [-0.3, -0.25) is 9.59 Å². The van der Waals surface area contributed by atoms with E-state index in [0.29, 0.717) is 55.4 Å². The highest BCUT2D eigenvalue weighted by molar-refractivity contribution is 6.00. The van der Waals surface area contributed by atoms with Crippen LogP contribution in [0.1, 0.15) is 6.42 Å². The van der Waals surface area contributed by atoms with Crippen molar-refractivity contribution in [3.63, 3.8) is 0 Å². The van der Waals surface area contributed by atoms with E-state index in [-0.39, 0.29) is 30.0 Å². The molecule has 2 aromatic heterocycles. The fourth-order valence-corrected chi connectivity index (χ4v) is 4.85. The highest BCUT2D eigenvalue weighted by Gasteiger charge is 2.38. The number of nitrogens with zero attached hydrogens (tertiary/aromatic N) is 8. The minimum absolute atomic E-state index is 0.0107. The number of carbonyl (C=O) groups excluding carboxylic acids is 2. The summed E-state index contributed by atoms with van der Waals surface area (Å²) in [6.07, 6.45) is 1.69. The SMILES string of the molecule is O=C([C@H]1CC(=O)N(c2ccccc2)C1)N1CCN(c2ncnc3c2nnn3-c2ccc(F)cc2)CC1. The van der Waals surface area contributed by atoms with Gasteiger partial charge in [0.05, 0.1) is 11.6 Å². The molecule has 2 aliphatic heterocycles. The second kappa shape index (κ2) is 8.99. The van der Waals surface area contributed by atoms with Gasteiger partial charge in [-0.05, 0) is 36.4 Å². The molecule has 182 valence electrons. The van der Waals surface area contributed by atoms with E-state index in [9.17, 15) is 14.0 Å². The molecule has 1 atom stereocenters. The van der Waals surface area contributed by atoms with Crippen LogP contribution >= 0.6 is 0 Å². The minimum atomic E-state index is -0.342. The summed E-state index contributed by atoms with van der Waals surface area (Å²) in [5.74, 6) is -0.0413. The highest BCUT2D eigenvalue weighted by atomic mass is 19.1. The molecule has 0 N–H and O–H groups in total. The maximum absolute atomic E-state index is 13.3. The number of amides is 2. The topological polar surface area (TPSA) is 100 Å². The molecule has 4 aromatic rings. The van der Waals surface area contributed by atoms with Crippen LogP contribution in [0.25, 0.3) is 16.9 Å². The number of hydrogen-bond donors (Lipinski definition) is 0. The zero-order valence-electron chi connectivity index (χ0n) is 19.4. The number of piperazine rings is 1. The standard InChI is InChI=1S/C25H23FN8O2/c26-18-6-8-20(9-7-18)34-24-22(29-30-34)23(27-16-28-24)31-10-12-32(13-11-31)25(36)17-14-21(35)33(15-17)19-4-2-1-3-5-19/h1-9,16-17H,10-15H2/t17-/m0/s1. The lowest BCUT2D eigenvalue weighted by atomic mass is 10.1. The summed E-state index contributed by atoms with van der Waals surface area (Å²) in [5, 5.41) is 8.48. The Labute approximate surface area is 206 Å². The molecule has 11 heteroatoms. The Morgan fingerprint density at radius 1 is 0.917 bits per heavy atom. The van der Waals surface area contributed by atoms with Crippen LogP contribution in [-0.4, -0.2) is 74.4 Å². The monoisotopic (exact) mass is 486 g/mol. The molecule has 10 nitrogen and oxygen atoms in total. The van der Waals surface area contributed by atoms with Gasteiger partial charge in [-0.1, -0.05) is 23.4 Å². The van der Waals surface area contributed by atoms with E-state index < -0.39 is 0 Å². The molecule has 6 rings (SSSR count). The predicted molar refractivity (Wildman–Crippen MR) is 130 cm³/mol. The van der Waals surface area contributed by atoms with Crippen molar-refractivity contribution in [3.8, 4) is 5.69 Å². The van der Waals surface area contributed by atoms with Gasteiger partial charge in [-0.2, -0.15) is 4.68 Å². The summed E-state index contributed by atoms with van der Waals surface area (Å²) >= 11 is 0. The van der Waals surface area contributed by atoms with Crippen molar-refractivity contribution in [3.05, 3.63) is 66.7 Å². The fraction of sp³-hybridized carbons (Fsp3) is 0.280. The number of fused-ring (bicyclic) bond motifs is 1. The Morgan fingerprint density at radius 2 is 1.67 bits per heavy atom. The van der Waals surface area contributed by atoms with Gasteiger partial charge in [0.15, 0.2) is 17.0 Å². The zero-order chi connectivity index (χ0) is 24.6. The first kappa shape index (κ1) is 22.1. The fourth-order valence-electron chi connectivity index (χ4n) is 4.85. The summed E-state index contributed by atoms with van der Waals surface area (Å²) in [7, 11) is 0. The van der Waals surface area contributed by atoms with Gasteiger partial charge in [0, 0.05) is 44.8 Å². The third-order valence-electron chi connectivity index (χ3n) is 6.72. The van der Waals surface area contributed by atoms with Crippen molar-refractivity contribution in [2.24, 2.45) is 5.92 Å². The highest BCUT2D eigenvalue weighted by Crippen LogP contribution is 2.28. The van der Waals surface area contributed by atoms with Crippen LogP contribution < -0.4 is 9.80 Å². The van der Waals surface area contributed by atoms with E-state index in [4.69, 9.17) is 0 Å². The summed E-state index contributed by atoms with van der Waals surface area (Å²) < 4.78 is 14.9. The number of carbonyl (C=O) groups is 2. The smallest absolute Gasteiger partial charge is 0.228 e. The second-order valence-electron chi connectivity index (χ2n) is 8.90. The second-order valence-corrected chi connectivity index (χ2v) is 8.90. The van der Waals surface area contributed by atoms with E-state index in [1.807, 2.05) is 35.2 Å². The maximum Gasteiger partial charge on any atom is 0.228 e. The minimum Gasteiger partial charge on any atom is -0.351 e. The maximum atomic E-state index is 13.3. The third-order valence-corrected chi connectivity index (χ3v) is 6.72. The molecule has 0 bridgehead atoms. The van der Waals surface area contributed by atoms with Crippen LogP contribution in [0.2, 0.25) is 0 Å². The van der Waals surface area contributed by atoms with Crippen LogP contribution in [0.4, 0.5) is 15.9 Å². The van der Waals surface area contributed by atoms with E-state index in [1.54, 1.807) is 21.7 Å². The first-order chi connectivity index (χ1) is 17.6. The number of rotatable bonds is 4. The Balaban J connectivity index is 1.14. The number of benzene rings is 2. The molecule has 2 fully saturated rings. The first-order valence-electron chi connectivity index (χ1n) is 11.8. The van der Waals surface area contributed by atoms with Crippen molar-refractivity contribution < 1.29 is 14.0 Å². The van der Waals surface area contributed by atoms with E-state index >= 15 is 0 Å². The Kier molecular flexibility index (Phi) is 5.51. The summed E-state index contributed by atoms with van der Waals surface area (Å²) in [6, 6.07) is 15.4. The molecule has 0 saturated carbocycles. The van der Waals surface area contributed by atoms with Gasteiger partial charge in [0.2, 0.25) is 11.8 Å². The first-order valence-corrected chi connectivity index (χ1v) is 11.8. The molecule has 2 aliphatic rings. The van der Waals surface area contributed by atoms with Gasteiger partial charge in [0.1, 0.15) is 12.1 Å². The molecule has 2 amide bonds. The Bertz CT molecular complexity index is 1420. The summed E-state index contributed by atoms with van der Waals surface area (Å²) in [6.45, 7) is 2.59. The van der Waals surface area contributed by atoms with Crippen LogP contribution in [0, 0.1) is 11.7 Å². The normalized spacial score (nSPS) is 18.3. The molecular formula is C25H23FN8O2. The van der Waals surface area contributed by atoms with Gasteiger partial charge in [0.25, 0.3) is 0 Å². The average Bonchev–Trinajstić information content (AvgIpc) is 3.53. The van der Waals surface area contributed by atoms with Crippen molar-refractivity contribution in [2.45, 2.75) is 6.42 Å². The van der Waals surface area contributed by atoms with Crippen LogP contribution in [0.5, 0.6) is 0 Å². The Morgan fingerprint density at radius 3 is 2.42 bits per heavy atom. The van der Waals surface area contributed by atoms with E-state index in [2.05, 4.69) is 25.2 Å². The van der Waals surface area contributed by atoms with Gasteiger partial charge in [-0.15, -0.1) is 5.10 Å². The van der Waals surface area contributed by atoms with Gasteiger partial charge in [-0.25, -0.2) is 14.4 Å². The van der Waals surface area contributed by atoms with Crippen molar-refractivity contribution >= 4 is 34.5 Å². The molecule has 0 radical (unpaired) electrons. The molecular weight excluding hydrogens is 463 g/mol. The van der Waals surface area contributed by atoms with Crippen LogP contribution in [-0.2, 0) is 9.59 Å². The van der Waals surface area contributed by atoms with Gasteiger partial charge >= 0.3 is 0 Å². The average molecular weight is 487 g/mol. The lowest BCUT2D eigenvalue weighted by molar-refractivity contribution is -0.136. The Hall–Kier alpha value is -4.41. The lowest BCUT2D eigenvalue weighted by Crippen LogP contribution is -2.51. The number of aromatic nitrogens is 5. The number of para-hydroxylation sites is 1. The number of anilines is 2. The van der Waals surface area contributed by atoms with Crippen LogP contribution in [0.3, 0.4) is 0 Å². The van der Waals surface area contributed by atoms with Crippen molar-refractivity contribution in [1.82, 2.24) is 29.9 Å². The zero-order valence-corrected chi connectivity index (χ0v) is 19.4. The molecule has 4 heterocycles. The number of halogens is 1. The lowest BCUT2D eigenvalue weighted by Gasteiger charge is -2.36. The molecule has 0 unspecified atom stereocenters. The van der Waals surface area contributed by atoms with Crippen LogP contribution in [0.15, 0.2) is 60.9 Å².